The first-order valence-electron chi connectivity index (χ1n) is 11.7. The first kappa shape index (κ1) is 23.5. The molecule has 0 bridgehead atoms. The van der Waals surface area contributed by atoms with Crippen molar-refractivity contribution in [3.63, 3.8) is 0 Å². The number of furan rings is 1. The first-order chi connectivity index (χ1) is 16.4. The van der Waals surface area contributed by atoms with Crippen molar-refractivity contribution in [3.05, 3.63) is 66.1 Å². The van der Waals surface area contributed by atoms with Gasteiger partial charge in [-0.05, 0) is 37.1 Å². The van der Waals surface area contributed by atoms with Crippen LogP contribution in [0.5, 0.6) is 0 Å². The Morgan fingerprint density at radius 1 is 1.00 bits per heavy atom. The number of piperazine rings is 1. The van der Waals surface area contributed by atoms with Crippen LogP contribution in [0.25, 0.3) is 11.3 Å². The van der Waals surface area contributed by atoms with E-state index in [1.54, 1.807) is 17.0 Å². The molecule has 1 aromatic carbocycles. The molecule has 3 aromatic rings. The maximum absolute atomic E-state index is 13.0. The highest BCUT2D eigenvalue weighted by atomic mass is 16.3. The maximum Gasteiger partial charge on any atom is 0.290 e. The molecular formula is C26H31N5O3. The quantitative estimate of drug-likeness (QED) is 0.536. The molecule has 1 aliphatic heterocycles. The van der Waals surface area contributed by atoms with Gasteiger partial charge in [0.1, 0.15) is 6.54 Å². The molecule has 8 heteroatoms. The van der Waals surface area contributed by atoms with E-state index in [0.29, 0.717) is 32.7 Å². The zero-order valence-electron chi connectivity index (χ0n) is 20.0. The largest absolute Gasteiger partial charge is 0.459 e. The second-order valence-corrected chi connectivity index (χ2v) is 9.07. The van der Waals surface area contributed by atoms with Gasteiger partial charge in [-0.15, -0.1) is 10.2 Å². The Morgan fingerprint density at radius 2 is 1.74 bits per heavy atom. The minimum atomic E-state index is -0.255. The highest BCUT2D eigenvalue weighted by Gasteiger charge is 2.27. The molecule has 8 nitrogen and oxygen atoms in total. The summed E-state index contributed by atoms with van der Waals surface area (Å²) in [7, 11) is 0. The van der Waals surface area contributed by atoms with E-state index in [-0.39, 0.29) is 30.0 Å². The molecule has 0 spiro atoms. The minimum absolute atomic E-state index is 0.0444. The van der Waals surface area contributed by atoms with Crippen LogP contribution in [-0.4, -0.2) is 71.1 Å². The second kappa shape index (κ2) is 10.5. The van der Waals surface area contributed by atoms with E-state index < -0.39 is 0 Å². The zero-order chi connectivity index (χ0) is 24.1. The van der Waals surface area contributed by atoms with Crippen molar-refractivity contribution in [1.29, 1.82) is 0 Å². The molecule has 1 saturated heterocycles. The molecule has 1 aliphatic rings. The van der Waals surface area contributed by atoms with Gasteiger partial charge in [-0.2, -0.15) is 0 Å². The fourth-order valence-corrected chi connectivity index (χ4v) is 4.04. The number of carbonyl (C=O) groups excluding carboxylic acids is 2. The normalized spacial score (nSPS) is 13.9. The van der Waals surface area contributed by atoms with E-state index in [4.69, 9.17) is 4.42 Å². The van der Waals surface area contributed by atoms with Crippen molar-refractivity contribution >= 4 is 17.6 Å². The molecule has 178 valence electrons. The number of anilines is 1. The number of benzene rings is 1. The molecule has 0 atom stereocenters. The molecule has 2 aromatic heterocycles. The van der Waals surface area contributed by atoms with Gasteiger partial charge in [0.05, 0.1) is 12.0 Å². The monoisotopic (exact) mass is 461 g/mol. The standard InChI is InChI=1S/C26H31N5O3/c1-19(2)17-31(26(33)23-5-4-16-34-23)18-25(32)30-14-12-29(13-15-30)24-11-10-22(27-28-24)21-8-6-20(3)7-9-21/h4-11,16,19H,12-15,17-18H2,1-3H3. The predicted octanol–water partition coefficient (Wildman–Crippen LogP) is 3.49. The smallest absolute Gasteiger partial charge is 0.290 e. The van der Waals surface area contributed by atoms with Crippen LogP contribution in [0.4, 0.5) is 5.82 Å². The number of aromatic nitrogens is 2. The van der Waals surface area contributed by atoms with Gasteiger partial charge in [0, 0.05) is 38.3 Å². The average Bonchev–Trinajstić information content (AvgIpc) is 3.39. The van der Waals surface area contributed by atoms with E-state index in [1.807, 2.05) is 43.0 Å². The van der Waals surface area contributed by atoms with Crippen LogP contribution < -0.4 is 4.90 Å². The molecule has 4 rings (SSSR count). The van der Waals surface area contributed by atoms with Crippen LogP contribution in [0.1, 0.15) is 30.0 Å². The minimum Gasteiger partial charge on any atom is -0.459 e. The lowest BCUT2D eigenvalue weighted by molar-refractivity contribution is -0.132. The highest BCUT2D eigenvalue weighted by molar-refractivity contribution is 5.94. The number of nitrogens with zero attached hydrogens (tertiary/aromatic N) is 5. The molecule has 0 saturated carbocycles. The SMILES string of the molecule is Cc1ccc(-c2ccc(N3CCN(C(=O)CN(CC(C)C)C(=O)c4ccco4)CC3)nn2)cc1. The number of amides is 2. The molecule has 2 amide bonds. The number of aryl methyl sites for hydroxylation is 1. The van der Waals surface area contributed by atoms with Crippen LogP contribution >= 0.6 is 0 Å². The van der Waals surface area contributed by atoms with Crippen molar-refractivity contribution in [2.45, 2.75) is 20.8 Å². The Kier molecular flexibility index (Phi) is 7.25. The second-order valence-electron chi connectivity index (χ2n) is 9.07. The molecule has 3 heterocycles. The Labute approximate surface area is 200 Å². The van der Waals surface area contributed by atoms with Crippen LogP contribution in [-0.2, 0) is 4.79 Å². The Hall–Kier alpha value is -3.68. The fraction of sp³-hybridized carbons (Fsp3) is 0.385. The Bertz CT molecular complexity index is 1090. The van der Waals surface area contributed by atoms with Crippen molar-refractivity contribution in [3.8, 4) is 11.3 Å². The van der Waals surface area contributed by atoms with Gasteiger partial charge in [0.15, 0.2) is 11.6 Å². The van der Waals surface area contributed by atoms with Gasteiger partial charge in [-0.1, -0.05) is 43.7 Å². The summed E-state index contributed by atoms with van der Waals surface area (Å²) in [4.78, 5) is 31.3. The third kappa shape index (κ3) is 5.62. The van der Waals surface area contributed by atoms with Crippen molar-refractivity contribution < 1.29 is 14.0 Å². The molecule has 0 aliphatic carbocycles. The lowest BCUT2D eigenvalue weighted by Gasteiger charge is -2.36. The topological polar surface area (TPSA) is 82.8 Å². The predicted molar refractivity (Wildman–Crippen MR) is 130 cm³/mol. The van der Waals surface area contributed by atoms with Gasteiger partial charge in [0.25, 0.3) is 5.91 Å². The van der Waals surface area contributed by atoms with E-state index in [0.717, 1.165) is 17.1 Å². The molecule has 1 fully saturated rings. The number of hydrogen-bond donors (Lipinski definition) is 0. The van der Waals surface area contributed by atoms with Crippen LogP contribution in [0.3, 0.4) is 0 Å². The molecular weight excluding hydrogens is 430 g/mol. The summed E-state index contributed by atoms with van der Waals surface area (Å²) >= 11 is 0. The van der Waals surface area contributed by atoms with Crippen molar-refractivity contribution in [2.75, 3.05) is 44.2 Å². The fourth-order valence-electron chi connectivity index (χ4n) is 4.04. The van der Waals surface area contributed by atoms with E-state index >= 15 is 0 Å². The highest BCUT2D eigenvalue weighted by Crippen LogP contribution is 2.20. The van der Waals surface area contributed by atoms with Gasteiger partial charge in [-0.3, -0.25) is 9.59 Å². The summed E-state index contributed by atoms with van der Waals surface area (Å²) in [5.74, 6) is 0.990. The molecule has 0 N–H and O–H groups in total. The van der Waals surface area contributed by atoms with E-state index in [2.05, 4.69) is 34.2 Å². The maximum atomic E-state index is 13.0. The molecule has 0 radical (unpaired) electrons. The van der Waals surface area contributed by atoms with E-state index in [1.165, 1.54) is 11.8 Å². The lowest BCUT2D eigenvalue weighted by Crippen LogP contribution is -2.52. The van der Waals surface area contributed by atoms with E-state index in [9.17, 15) is 9.59 Å². The molecule has 0 unspecified atom stereocenters. The number of rotatable bonds is 7. The van der Waals surface area contributed by atoms with Crippen molar-refractivity contribution in [1.82, 2.24) is 20.0 Å². The number of carbonyl (C=O) groups is 2. The van der Waals surface area contributed by atoms with Crippen LogP contribution in [0.2, 0.25) is 0 Å². The van der Waals surface area contributed by atoms with Gasteiger partial charge in [-0.25, -0.2) is 0 Å². The summed E-state index contributed by atoms with van der Waals surface area (Å²) in [6.45, 7) is 9.13. The summed E-state index contributed by atoms with van der Waals surface area (Å²) in [5.41, 5.74) is 3.08. The zero-order valence-corrected chi connectivity index (χ0v) is 20.0. The van der Waals surface area contributed by atoms with Crippen molar-refractivity contribution in [2.24, 2.45) is 5.92 Å². The summed E-state index contributed by atoms with van der Waals surface area (Å²) in [6.07, 6.45) is 1.47. The van der Waals surface area contributed by atoms with Gasteiger partial charge in [0.2, 0.25) is 5.91 Å². The van der Waals surface area contributed by atoms with Crippen LogP contribution in [0, 0.1) is 12.8 Å². The third-order valence-corrected chi connectivity index (χ3v) is 5.88. The van der Waals surface area contributed by atoms with Gasteiger partial charge >= 0.3 is 0 Å². The summed E-state index contributed by atoms with van der Waals surface area (Å²) in [6, 6.07) is 15.5. The summed E-state index contributed by atoms with van der Waals surface area (Å²) in [5, 5.41) is 8.81. The van der Waals surface area contributed by atoms with Gasteiger partial charge < -0.3 is 19.1 Å². The summed E-state index contributed by atoms with van der Waals surface area (Å²) < 4.78 is 5.25. The molecule has 34 heavy (non-hydrogen) atoms. The third-order valence-electron chi connectivity index (χ3n) is 5.88. The Morgan fingerprint density at radius 3 is 2.32 bits per heavy atom. The average molecular weight is 462 g/mol. The van der Waals surface area contributed by atoms with Crippen LogP contribution in [0.15, 0.2) is 59.2 Å². The Balaban J connectivity index is 1.33. The first-order valence-corrected chi connectivity index (χ1v) is 11.7. The number of hydrogen-bond acceptors (Lipinski definition) is 6. The lowest BCUT2D eigenvalue weighted by atomic mass is 10.1.